The van der Waals surface area contributed by atoms with Crippen LogP contribution < -0.4 is 0 Å². The number of unbranched alkanes of at least 4 members (excludes halogenated alkanes) is 34. The van der Waals surface area contributed by atoms with Crippen molar-refractivity contribution in [3.63, 3.8) is 0 Å². The molecule has 0 aliphatic heterocycles. The lowest BCUT2D eigenvalue weighted by Gasteiger charge is -2.18. The van der Waals surface area contributed by atoms with Crippen molar-refractivity contribution < 1.29 is 28.6 Å². The van der Waals surface area contributed by atoms with E-state index in [4.69, 9.17) is 14.2 Å². The van der Waals surface area contributed by atoms with E-state index < -0.39 is 6.10 Å². The number of rotatable bonds is 47. The summed E-state index contributed by atoms with van der Waals surface area (Å²) in [4.78, 5) is 37.9. The van der Waals surface area contributed by atoms with Gasteiger partial charge in [0.15, 0.2) is 6.10 Å². The van der Waals surface area contributed by atoms with Crippen LogP contribution in [-0.2, 0) is 28.6 Å². The van der Waals surface area contributed by atoms with Crippen LogP contribution >= 0.6 is 0 Å². The third kappa shape index (κ3) is 45.2. The molecule has 6 heteroatoms. The van der Waals surface area contributed by atoms with Crippen LogP contribution in [-0.4, -0.2) is 37.2 Å². The fourth-order valence-electron chi connectivity index (χ4n) is 7.61. The highest BCUT2D eigenvalue weighted by molar-refractivity contribution is 5.71. The van der Waals surface area contributed by atoms with Crippen LogP contribution in [0.3, 0.4) is 0 Å². The highest BCUT2D eigenvalue weighted by atomic mass is 16.6. The van der Waals surface area contributed by atoms with Crippen molar-refractivity contribution in [1.82, 2.24) is 0 Å². The van der Waals surface area contributed by atoms with Crippen molar-refractivity contribution in [2.75, 3.05) is 13.2 Å². The first kappa shape index (κ1) is 56.1. The molecular weight excluding hydrogens is 721 g/mol. The molecule has 0 saturated heterocycles. The van der Waals surface area contributed by atoms with Gasteiger partial charge in [0.2, 0.25) is 0 Å². The molecule has 0 bridgehead atoms. The molecule has 0 aliphatic rings. The van der Waals surface area contributed by atoms with Gasteiger partial charge in [-0.25, -0.2) is 0 Å². The van der Waals surface area contributed by atoms with Crippen molar-refractivity contribution in [2.45, 2.75) is 290 Å². The molecule has 0 rings (SSSR count). The van der Waals surface area contributed by atoms with E-state index in [-0.39, 0.29) is 31.1 Å². The average molecular weight is 819 g/mol. The zero-order valence-electron chi connectivity index (χ0n) is 39.1. The van der Waals surface area contributed by atoms with Gasteiger partial charge in [0.05, 0.1) is 0 Å². The smallest absolute Gasteiger partial charge is 0.306 e. The maximum atomic E-state index is 12.8. The standard InChI is InChI=1S/C52H98O6/c1-4-7-10-13-16-19-22-25-26-28-31-33-36-39-42-45-51(54)57-48-49(58-52(55)46-43-40-37-34-29-24-21-18-15-12-9-6-3)47-56-50(53)44-41-38-35-32-30-27-23-20-17-14-11-8-5-2/h25-26,49H,4-24,27-48H2,1-3H3/b26-25-/t49-/m0/s1. The van der Waals surface area contributed by atoms with Gasteiger partial charge in [-0.3, -0.25) is 14.4 Å². The zero-order chi connectivity index (χ0) is 42.3. The first-order chi connectivity index (χ1) is 28.5. The Hall–Kier alpha value is -1.85. The zero-order valence-corrected chi connectivity index (χ0v) is 39.1. The van der Waals surface area contributed by atoms with Crippen LogP contribution in [0.4, 0.5) is 0 Å². The summed E-state index contributed by atoms with van der Waals surface area (Å²) in [5.74, 6) is -0.861. The van der Waals surface area contributed by atoms with E-state index in [9.17, 15) is 14.4 Å². The van der Waals surface area contributed by atoms with Gasteiger partial charge in [0.25, 0.3) is 0 Å². The van der Waals surface area contributed by atoms with E-state index >= 15 is 0 Å². The molecule has 0 N–H and O–H groups in total. The molecule has 342 valence electrons. The summed E-state index contributed by atoms with van der Waals surface area (Å²) in [7, 11) is 0. The Morgan fingerprint density at radius 2 is 0.569 bits per heavy atom. The van der Waals surface area contributed by atoms with Gasteiger partial charge in [0.1, 0.15) is 13.2 Å². The number of esters is 3. The summed E-state index contributed by atoms with van der Waals surface area (Å²) >= 11 is 0. The molecule has 0 saturated carbocycles. The predicted octanol–water partition coefficient (Wildman–Crippen LogP) is 16.6. The van der Waals surface area contributed by atoms with Gasteiger partial charge in [-0.15, -0.1) is 0 Å². The number of hydrogen-bond donors (Lipinski definition) is 0. The highest BCUT2D eigenvalue weighted by Crippen LogP contribution is 2.16. The van der Waals surface area contributed by atoms with Crippen molar-refractivity contribution in [1.29, 1.82) is 0 Å². The molecule has 0 unspecified atom stereocenters. The molecule has 0 spiro atoms. The first-order valence-corrected chi connectivity index (χ1v) is 25.7. The molecule has 0 aromatic carbocycles. The normalized spacial score (nSPS) is 12.0. The van der Waals surface area contributed by atoms with Crippen LogP contribution in [0.2, 0.25) is 0 Å². The minimum atomic E-state index is -0.765. The number of carbonyl (C=O) groups is 3. The van der Waals surface area contributed by atoms with Crippen LogP contribution in [0.25, 0.3) is 0 Å². The lowest BCUT2D eigenvalue weighted by atomic mass is 10.0. The van der Waals surface area contributed by atoms with Gasteiger partial charge in [0, 0.05) is 19.3 Å². The van der Waals surface area contributed by atoms with Crippen LogP contribution in [0, 0.1) is 0 Å². The van der Waals surface area contributed by atoms with Crippen molar-refractivity contribution >= 4 is 17.9 Å². The molecule has 6 nitrogen and oxygen atoms in total. The fourth-order valence-corrected chi connectivity index (χ4v) is 7.61. The number of ether oxygens (including phenoxy) is 3. The molecule has 0 aromatic rings. The largest absolute Gasteiger partial charge is 0.462 e. The second kappa shape index (κ2) is 47.8. The quantitative estimate of drug-likeness (QED) is 0.0263. The third-order valence-corrected chi connectivity index (χ3v) is 11.5. The summed E-state index contributed by atoms with van der Waals surface area (Å²) in [6.45, 7) is 6.65. The minimum absolute atomic E-state index is 0.0673. The monoisotopic (exact) mass is 819 g/mol. The maximum Gasteiger partial charge on any atom is 0.306 e. The van der Waals surface area contributed by atoms with E-state index in [1.807, 2.05) is 0 Å². The van der Waals surface area contributed by atoms with Crippen molar-refractivity contribution in [3.05, 3.63) is 12.2 Å². The van der Waals surface area contributed by atoms with Crippen LogP contribution in [0.5, 0.6) is 0 Å². The van der Waals surface area contributed by atoms with E-state index in [2.05, 4.69) is 32.9 Å². The summed E-state index contributed by atoms with van der Waals surface area (Å²) in [6, 6.07) is 0. The lowest BCUT2D eigenvalue weighted by molar-refractivity contribution is -0.167. The van der Waals surface area contributed by atoms with Crippen molar-refractivity contribution in [2.24, 2.45) is 0 Å². The summed E-state index contributed by atoms with van der Waals surface area (Å²) in [6.07, 6.45) is 51.9. The molecule has 0 heterocycles. The van der Waals surface area contributed by atoms with E-state index in [0.29, 0.717) is 19.3 Å². The lowest BCUT2D eigenvalue weighted by Crippen LogP contribution is -2.30. The van der Waals surface area contributed by atoms with E-state index in [0.717, 1.165) is 64.2 Å². The van der Waals surface area contributed by atoms with Gasteiger partial charge in [-0.05, 0) is 44.9 Å². The SMILES string of the molecule is CCCCCCCC/C=C\CCCCCCCC(=O)OC[C@H](COC(=O)CCCCCCCCCCCCCCC)OC(=O)CCCCCCCCCCCCCC. The third-order valence-electron chi connectivity index (χ3n) is 11.5. The Morgan fingerprint density at radius 1 is 0.328 bits per heavy atom. The Balaban J connectivity index is 4.33. The number of allylic oxidation sites excluding steroid dienone is 2. The fraction of sp³-hybridized carbons (Fsp3) is 0.904. The first-order valence-electron chi connectivity index (χ1n) is 25.7. The van der Waals surface area contributed by atoms with Gasteiger partial charge < -0.3 is 14.2 Å². The van der Waals surface area contributed by atoms with E-state index in [1.165, 1.54) is 180 Å². The second-order valence-corrected chi connectivity index (χ2v) is 17.4. The molecule has 0 aliphatic carbocycles. The Morgan fingerprint density at radius 3 is 0.862 bits per heavy atom. The molecule has 58 heavy (non-hydrogen) atoms. The molecule has 0 radical (unpaired) electrons. The second-order valence-electron chi connectivity index (χ2n) is 17.4. The summed E-state index contributed by atoms with van der Waals surface area (Å²) < 4.78 is 16.8. The Labute approximate surface area is 360 Å². The Kier molecular flexibility index (Phi) is 46.3. The van der Waals surface area contributed by atoms with Crippen molar-refractivity contribution in [3.8, 4) is 0 Å². The van der Waals surface area contributed by atoms with E-state index in [1.54, 1.807) is 0 Å². The molecule has 0 amide bonds. The highest BCUT2D eigenvalue weighted by Gasteiger charge is 2.19. The molecule has 1 atom stereocenters. The number of carbonyl (C=O) groups excluding carboxylic acids is 3. The van der Waals surface area contributed by atoms with Crippen LogP contribution in [0.15, 0.2) is 12.2 Å². The topological polar surface area (TPSA) is 78.9 Å². The van der Waals surface area contributed by atoms with Crippen LogP contribution in [0.1, 0.15) is 284 Å². The average Bonchev–Trinajstić information content (AvgIpc) is 3.22. The van der Waals surface area contributed by atoms with Gasteiger partial charge in [-0.1, -0.05) is 232 Å². The Bertz CT molecular complexity index is 900. The summed E-state index contributed by atoms with van der Waals surface area (Å²) in [5.41, 5.74) is 0. The number of hydrogen-bond acceptors (Lipinski definition) is 6. The molecule has 0 fully saturated rings. The molecule has 0 aromatic heterocycles. The molecular formula is C52H98O6. The van der Waals surface area contributed by atoms with Gasteiger partial charge >= 0.3 is 17.9 Å². The van der Waals surface area contributed by atoms with Gasteiger partial charge in [-0.2, -0.15) is 0 Å². The minimum Gasteiger partial charge on any atom is -0.462 e. The maximum absolute atomic E-state index is 12.8. The predicted molar refractivity (Wildman–Crippen MR) is 247 cm³/mol. The summed E-state index contributed by atoms with van der Waals surface area (Å²) in [5, 5.41) is 0.